The quantitative estimate of drug-likeness (QED) is 0.893. The molecule has 0 saturated heterocycles. The zero-order valence-corrected chi connectivity index (χ0v) is 13.6. The minimum absolute atomic E-state index is 0.205. The molecule has 0 radical (unpaired) electrons. The lowest BCUT2D eigenvalue weighted by atomic mass is 9.91. The number of aryl methyl sites for hydroxylation is 1. The van der Waals surface area contributed by atoms with Gasteiger partial charge in [0.05, 0.1) is 18.8 Å². The molecule has 0 saturated carbocycles. The third-order valence-corrected chi connectivity index (χ3v) is 4.48. The van der Waals surface area contributed by atoms with E-state index in [1.54, 1.807) is 7.11 Å². The lowest BCUT2D eigenvalue weighted by Gasteiger charge is -2.34. The Morgan fingerprint density at radius 2 is 2.04 bits per heavy atom. The Morgan fingerprint density at radius 3 is 2.83 bits per heavy atom. The average molecular weight is 322 g/mol. The topological polar surface area (TPSA) is 59.6 Å². The number of hydrogen-bond acceptors (Lipinski definition) is 3. The van der Waals surface area contributed by atoms with Gasteiger partial charge < -0.3 is 20.1 Å². The highest BCUT2D eigenvalue weighted by atomic mass is 16.5. The Bertz CT molecular complexity index is 857. The lowest BCUT2D eigenvalue weighted by molar-refractivity contribution is 0.237. The Kier molecular flexibility index (Phi) is 3.41. The van der Waals surface area contributed by atoms with Crippen LogP contribution in [0.3, 0.4) is 0 Å². The van der Waals surface area contributed by atoms with Gasteiger partial charge in [-0.15, -0.1) is 0 Å². The highest BCUT2D eigenvalue weighted by molar-refractivity contribution is 5.92. The van der Waals surface area contributed by atoms with Crippen LogP contribution in [0, 0.1) is 6.92 Å². The molecule has 0 aromatic heterocycles. The highest BCUT2D eigenvalue weighted by Gasteiger charge is 2.33. The molecule has 2 aliphatic rings. The van der Waals surface area contributed by atoms with Crippen LogP contribution in [-0.4, -0.2) is 19.7 Å². The van der Waals surface area contributed by atoms with Crippen LogP contribution in [0.25, 0.3) is 5.70 Å². The van der Waals surface area contributed by atoms with Crippen molar-refractivity contribution in [3.05, 3.63) is 64.7 Å². The number of benzene rings is 2. The van der Waals surface area contributed by atoms with Gasteiger partial charge >= 0.3 is 6.03 Å². The van der Waals surface area contributed by atoms with E-state index in [1.807, 2.05) is 49.4 Å². The summed E-state index contributed by atoms with van der Waals surface area (Å²) >= 11 is 0. The van der Waals surface area contributed by atoms with Crippen LogP contribution in [0.5, 0.6) is 11.5 Å². The van der Waals surface area contributed by atoms with Crippen molar-refractivity contribution < 1.29 is 14.3 Å². The van der Waals surface area contributed by atoms with Gasteiger partial charge in [-0.2, -0.15) is 0 Å². The van der Waals surface area contributed by atoms with Crippen LogP contribution in [0.1, 0.15) is 22.7 Å². The number of urea groups is 1. The second-order valence-corrected chi connectivity index (χ2v) is 5.95. The maximum atomic E-state index is 12.2. The molecule has 2 aromatic rings. The molecule has 0 spiro atoms. The maximum Gasteiger partial charge on any atom is 0.320 e. The number of methoxy groups -OCH3 is 1. The number of rotatable bonds is 2. The summed E-state index contributed by atoms with van der Waals surface area (Å²) in [4.78, 5) is 12.2. The SMILES string of the molecule is COc1ccc(C2NC(=O)NC3=C2COc2ccccc23)cc1C. The summed E-state index contributed by atoms with van der Waals surface area (Å²) in [6, 6.07) is 13.3. The number of carbonyl (C=O) groups is 1. The van der Waals surface area contributed by atoms with Gasteiger partial charge in [-0.1, -0.05) is 18.2 Å². The average Bonchev–Trinajstić information content (AvgIpc) is 2.61. The molecule has 24 heavy (non-hydrogen) atoms. The van der Waals surface area contributed by atoms with E-state index in [4.69, 9.17) is 9.47 Å². The fourth-order valence-electron chi connectivity index (χ4n) is 3.31. The summed E-state index contributed by atoms with van der Waals surface area (Å²) in [5.41, 5.74) is 4.83. The zero-order chi connectivity index (χ0) is 16.7. The van der Waals surface area contributed by atoms with Crippen LogP contribution in [-0.2, 0) is 0 Å². The number of nitrogens with one attached hydrogen (secondary N) is 2. The van der Waals surface area contributed by atoms with E-state index in [-0.39, 0.29) is 12.1 Å². The fraction of sp³-hybridized carbons (Fsp3) is 0.211. The van der Waals surface area contributed by atoms with Crippen LogP contribution in [0.4, 0.5) is 4.79 Å². The van der Waals surface area contributed by atoms with Crippen LogP contribution in [0.15, 0.2) is 48.0 Å². The lowest BCUT2D eigenvalue weighted by Crippen LogP contribution is -2.45. The van der Waals surface area contributed by atoms with E-state index in [0.29, 0.717) is 6.61 Å². The molecule has 122 valence electrons. The van der Waals surface area contributed by atoms with Crippen LogP contribution in [0.2, 0.25) is 0 Å². The third kappa shape index (κ3) is 2.29. The maximum absolute atomic E-state index is 12.2. The van der Waals surface area contributed by atoms with E-state index < -0.39 is 0 Å². The molecule has 2 aliphatic heterocycles. The molecular weight excluding hydrogens is 304 g/mol. The first-order valence-corrected chi connectivity index (χ1v) is 7.84. The van der Waals surface area contributed by atoms with Crippen molar-refractivity contribution in [3.8, 4) is 11.5 Å². The molecule has 5 nitrogen and oxygen atoms in total. The molecule has 0 aliphatic carbocycles. The zero-order valence-electron chi connectivity index (χ0n) is 13.6. The van der Waals surface area contributed by atoms with Gasteiger partial charge in [0.15, 0.2) is 0 Å². The molecule has 5 heteroatoms. The van der Waals surface area contributed by atoms with Gasteiger partial charge in [0.25, 0.3) is 0 Å². The van der Waals surface area contributed by atoms with Crippen molar-refractivity contribution in [3.63, 3.8) is 0 Å². The summed E-state index contributed by atoms with van der Waals surface area (Å²) in [5.74, 6) is 1.63. The Morgan fingerprint density at radius 1 is 1.21 bits per heavy atom. The van der Waals surface area contributed by atoms with E-state index in [9.17, 15) is 4.79 Å². The van der Waals surface area contributed by atoms with Gasteiger partial charge in [-0.3, -0.25) is 0 Å². The predicted molar refractivity (Wildman–Crippen MR) is 91.0 cm³/mol. The molecule has 0 bridgehead atoms. The van der Waals surface area contributed by atoms with Crippen molar-refractivity contribution in [1.29, 1.82) is 0 Å². The van der Waals surface area contributed by atoms with Gasteiger partial charge in [-0.05, 0) is 42.3 Å². The molecule has 2 heterocycles. The highest BCUT2D eigenvalue weighted by Crippen LogP contribution is 2.38. The molecule has 0 fully saturated rings. The largest absolute Gasteiger partial charge is 0.496 e. The molecule has 2 amide bonds. The van der Waals surface area contributed by atoms with Crippen LogP contribution >= 0.6 is 0 Å². The van der Waals surface area contributed by atoms with Crippen molar-refractivity contribution >= 4 is 11.7 Å². The van der Waals surface area contributed by atoms with Crippen molar-refractivity contribution in [2.75, 3.05) is 13.7 Å². The van der Waals surface area contributed by atoms with E-state index in [1.165, 1.54) is 0 Å². The fourth-order valence-corrected chi connectivity index (χ4v) is 3.31. The Hall–Kier alpha value is -2.95. The first-order chi connectivity index (χ1) is 11.7. The molecule has 4 rings (SSSR count). The Labute approximate surface area is 140 Å². The summed E-state index contributed by atoms with van der Waals surface area (Å²) < 4.78 is 11.2. The smallest absolute Gasteiger partial charge is 0.320 e. The molecule has 1 unspecified atom stereocenters. The monoisotopic (exact) mass is 322 g/mol. The number of para-hydroxylation sites is 1. The van der Waals surface area contributed by atoms with Gasteiger partial charge in [0.1, 0.15) is 18.1 Å². The Balaban J connectivity index is 1.82. The van der Waals surface area contributed by atoms with Crippen molar-refractivity contribution in [2.24, 2.45) is 0 Å². The number of carbonyl (C=O) groups excluding carboxylic acids is 1. The summed E-state index contributed by atoms with van der Waals surface area (Å²) in [6.45, 7) is 2.43. The molecule has 1 atom stereocenters. The van der Waals surface area contributed by atoms with E-state index in [2.05, 4.69) is 10.6 Å². The molecule has 2 N–H and O–H groups in total. The summed E-state index contributed by atoms with van der Waals surface area (Å²) in [5, 5.41) is 5.93. The van der Waals surface area contributed by atoms with E-state index in [0.717, 1.165) is 39.5 Å². The summed E-state index contributed by atoms with van der Waals surface area (Å²) in [7, 11) is 1.65. The number of hydrogen-bond donors (Lipinski definition) is 2. The second-order valence-electron chi connectivity index (χ2n) is 5.95. The third-order valence-electron chi connectivity index (χ3n) is 4.48. The van der Waals surface area contributed by atoms with Gasteiger partial charge in [-0.25, -0.2) is 4.79 Å². The predicted octanol–water partition coefficient (Wildman–Crippen LogP) is 3.16. The minimum atomic E-state index is -0.216. The van der Waals surface area contributed by atoms with Crippen molar-refractivity contribution in [1.82, 2.24) is 10.6 Å². The number of amides is 2. The number of ether oxygens (including phenoxy) is 2. The normalized spacial score (nSPS) is 18.8. The van der Waals surface area contributed by atoms with Gasteiger partial charge in [0, 0.05) is 11.1 Å². The summed E-state index contributed by atoms with van der Waals surface area (Å²) in [6.07, 6.45) is 0. The second kappa shape index (κ2) is 5.60. The molecule has 2 aromatic carbocycles. The van der Waals surface area contributed by atoms with E-state index >= 15 is 0 Å². The molecular formula is C19H18N2O3. The number of fused-ring (bicyclic) bond motifs is 2. The standard InChI is InChI=1S/C19H18N2O3/c1-11-9-12(7-8-15(11)23-2)17-14-10-24-16-6-4-3-5-13(16)18(14)21-19(22)20-17/h3-9,17H,10H2,1-2H3,(H2,20,21,22). The first-order valence-electron chi connectivity index (χ1n) is 7.84. The van der Waals surface area contributed by atoms with Gasteiger partial charge in [0.2, 0.25) is 0 Å². The minimum Gasteiger partial charge on any atom is -0.496 e. The van der Waals surface area contributed by atoms with Crippen LogP contribution < -0.4 is 20.1 Å². The first kappa shape index (κ1) is 14.6. The van der Waals surface area contributed by atoms with Crippen molar-refractivity contribution in [2.45, 2.75) is 13.0 Å².